The highest BCUT2D eigenvalue weighted by Crippen LogP contribution is 2.15. The lowest BCUT2D eigenvalue weighted by atomic mass is 10.3. The van der Waals surface area contributed by atoms with Crippen molar-refractivity contribution in [1.82, 2.24) is 5.32 Å². The van der Waals surface area contributed by atoms with Gasteiger partial charge in [0, 0.05) is 6.04 Å². The minimum absolute atomic E-state index is 0.0639. The van der Waals surface area contributed by atoms with Crippen LogP contribution in [-0.2, 0) is 23.7 Å². The van der Waals surface area contributed by atoms with Gasteiger partial charge in [-0.3, -0.25) is 4.74 Å². The number of alkyl carbamates (subject to hydrolysis) is 1. The van der Waals surface area contributed by atoms with Gasteiger partial charge in [-0.15, -0.1) is 13.2 Å². The Morgan fingerprint density at radius 1 is 0.917 bits per heavy atom. The van der Waals surface area contributed by atoms with Crippen molar-refractivity contribution in [2.45, 2.75) is 32.7 Å². The van der Waals surface area contributed by atoms with Crippen LogP contribution in [0.25, 0.3) is 0 Å². The van der Waals surface area contributed by atoms with Crippen LogP contribution < -0.4 is 5.32 Å². The average Bonchev–Trinajstić information content (AvgIpc) is 2.50. The van der Waals surface area contributed by atoms with E-state index in [1.165, 1.54) is 0 Å². The van der Waals surface area contributed by atoms with Crippen molar-refractivity contribution in [2.75, 3.05) is 52.9 Å². The van der Waals surface area contributed by atoms with Crippen LogP contribution in [-0.4, -0.2) is 71.4 Å². The van der Waals surface area contributed by atoms with Crippen LogP contribution in [0.4, 0.5) is 18.0 Å². The monoisotopic (exact) mass is 361 g/mol. The van der Waals surface area contributed by atoms with Crippen LogP contribution in [0.3, 0.4) is 0 Å². The molecule has 0 radical (unpaired) electrons. The van der Waals surface area contributed by atoms with Gasteiger partial charge in [0.1, 0.15) is 6.61 Å². The zero-order valence-corrected chi connectivity index (χ0v) is 14.0. The van der Waals surface area contributed by atoms with Crippen molar-refractivity contribution in [3.05, 3.63) is 0 Å². The maximum Gasteiger partial charge on any atom is 0.522 e. The lowest BCUT2D eigenvalue weighted by Crippen LogP contribution is -2.33. The van der Waals surface area contributed by atoms with Gasteiger partial charge in [0.2, 0.25) is 0 Å². The summed E-state index contributed by atoms with van der Waals surface area (Å²) in [6.07, 6.45) is -4.28. The van der Waals surface area contributed by atoms with Gasteiger partial charge in [-0.2, -0.15) is 0 Å². The summed E-state index contributed by atoms with van der Waals surface area (Å²) in [5.41, 5.74) is 0. The van der Waals surface area contributed by atoms with Crippen LogP contribution in [0.5, 0.6) is 0 Å². The van der Waals surface area contributed by atoms with Crippen LogP contribution in [0.1, 0.15) is 20.3 Å². The zero-order chi connectivity index (χ0) is 18.3. The maximum atomic E-state index is 11.6. The summed E-state index contributed by atoms with van der Waals surface area (Å²) in [5, 5.41) is 2.65. The normalized spacial score (nSPS) is 12.9. The van der Waals surface area contributed by atoms with E-state index in [2.05, 4.69) is 10.1 Å². The molecule has 144 valence electrons. The van der Waals surface area contributed by atoms with Gasteiger partial charge in [0.05, 0.1) is 46.2 Å². The second-order valence-electron chi connectivity index (χ2n) is 4.72. The van der Waals surface area contributed by atoms with Crippen molar-refractivity contribution in [3.8, 4) is 0 Å². The zero-order valence-electron chi connectivity index (χ0n) is 14.0. The van der Waals surface area contributed by atoms with E-state index in [4.69, 9.17) is 18.9 Å². The Morgan fingerprint density at radius 2 is 1.38 bits per heavy atom. The second kappa shape index (κ2) is 14.3. The fraction of sp³-hybridized carbons (Fsp3) is 0.929. The topological polar surface area (TPSA) is 75.3 Å². The van der Waals surface area contributed by atoms with E-state index in [-0.39, 0.29) is 39.1 Å². The second-order valence-corrected chi connectivity index (χ2v) is 4.72. The minimum Gasteiger partial charge on any atom is -0.447 e. The third kappa shape index (κ3) is 17.3. The maximum absolute atomic E-state index is 11.6. The van der Waals surface area contributed by atoms with Gasteiger partial charge in [-0.1, -0.05) is 6.92 Å². The first-order valence-electron chi connectivity index (χ1n) is 7.72. The first-order valence-corrected chi connectivity index (χ1v) is 7.72. The molecular weight excluding hydrogens is 335 g/mol. The molecule has 1 N–H and O–H groups in total. The van der Waals surface area contributed by atoms with Crippen molar-refractivity contribution in [2.24, 2.45) is 0 Å². The van der Waals surface area contributed by atoms with E-state index in [0.717, 1.165) is 6.42 Å². The fourth-order valence-corrected chi connectivity index (χ4v) is 1.30. The molecule has 0 aliphatic heterocycles. The molecule has 0 bridgehead atoms. The van der Waals surface area contributed by atoms with Crippen molar-refractivity contribution < 1.29 is 41.7 Å². The number of nitrogens with one attached hydrogen (secondary N) is 1. The van der Waals surface area contributed by atoms with E-state index >= 15 is 0 Å². The van der Waals surface area contributed by atoms with Gasteiger partial charge >= 0.3 is 12.5 Å². The van der Waals surface area contributed by atoms with Gasteiger partial charge in [0.15, 0.2) is 0 Å². The fourth-order valence-electron chi connectivity index (χ4n) is 1.30. The van der Waals surface area contributed by atoms with Gasteiger partial charge in [0.25, 0.3) is 0 Å². The molecule has 24 heavy (non-hydrogen) atoms. The largest absolute Gasteiger partial charge is 0.522 e. The highest BCUT2D eigenvalue weighted by Gasteiger charge is 2.28. The van der Waals surface area contributed by atoms with Crippen LogP contribution in [0, 0.1) is 0 Å². The molecule has 0 saturated heterocycles. The van der Waals surface area contributed by atoms with Crippen molar-refractivity contribution in [1.29, 1.82) is 0 Å². The van der Waals surface area contributed by atoms with E-state index < -0.39 is 19.1 Å². The molecule has 0 aromatic carbocycles. The number of rotatable bonds is 14. The molecule has 0 aromatic heterocycles. The molecule has 1 unspecified atom stereocenters. The molecular formula is C14H26F3NO6. The van der Waals surface area contributed by atoms with Crippen molar-refractivity contribution >= 4 is 6.09 Å². The summed E-state index contributed by atoms with van der Waals surface area (Å²) in [6, 6.07) is 0.0639. The highest BCUT2D eigenvalue weighted by atomic mass is 19.4. The minimum atomic E-state index is -4.63. The molecule has 1 atom stereocenters. The molecule has 10 heteroatoms. The van der Waals surface area contributed by atoms with Crippen LogP contribution >= 0.6 is 0 Å². The molecule has 7 nitrogen and oxygen atoms in total. The van der Waals surface area contributed by atoms with E-state index in [0.29, 0.717) is 13.2 Å². The van der Waals surface area contributed by atoms with Crippen LogP contribution in [0.15, 0.2) is 0 Å². The molecule has 0 aromatic rings. The van der Waals surface area contributed by atoms with E-state index in [1.807, 2.05) is 13.8 Å². The number of amides is 1. The molecule has 0 rings (SSSR count). The molecule has 0 aliphatic carbocycles. The first kappa shape index (κ1) is 22.9. The highest BCUT2D eigenvalue weighted by molar-refractivity contribution is 5.67. The molecule has 0 heterocycles. The smallest absolute Gasteiger partial charge is 0.447 e. The molecule has 0 saturated carbocycles. The van der Waals surface area contributed by atoms with Crippen LogP contribution in [0.2, 0.25) is 0 Å². The number of ether oxygens (including phenoxy) is 5. The number of halogens is 3. The molecule has 0 spiro atoms. The third-order valence-corrected chi connectivity index (χ3v) is 2.67. The number of carbonyl (C=O) groups excluding carboxylic acids is 1. The van der Waals surface area contributed by atoms with E-state index in [9.17, 15) is 18.0 Å². The summed E-state index contributed by atoms with van der Waals surface area (Å²) in [4.78, 5) is 11.3. The van der Waals surface area contributed by atoms with E-state index in [1.54, 1.807) is 0 Å². The summed E-state index contributed by atoms with van der Waals surface area (Å²) in [7, 11) is 0. The SMILES string of the molecule is CCC(C)NC(=O)OCCOCCOCCOCCOC(F)(F)F. The Hall–Kier alpha value is -1.10. The molecule has 0 aliphatic rings. The predicted molar refractivity (Wildman–Crippen MR) is 78.7 cm³/mol. The first-order chi connectivity index (χ1) is 11.3. The standard InChI is InChI=1S/C14H26F3NO6/c1-3-12(2)18-13(19)23-10-8-21-6-4-20-5-7-22-9-11-24-14(15,16)17/h12H,3-11H2,1-2H3,(H,18,19). The van der Waals surface area contributed by atoms with Gasteiger partial charge in [-0.25, -0.2) is 4.79 Å². The number of alkyl halides is 3. The summed E-state index contributed by atoms with van der Waals surface area (Å²) >= 11 is 0. The summed E-state index contributed by atoms with van der Waals surface area (Å²) < 4.78 is 58.5. The van der Waals surface area contributed by atoms with Crippen molar-refractivity contribution in [3.63, 3.8) is 0 Å². The lowest BCUT2D eigenvalue weighted by molar-refractivity contribution is -0.327. The third-order valence-electron chi connectivity index (χ3n) is 2.67. The number of hydrogen-bond donors (Lipinski definition) is 1. The summed E-state index contributed by atoms with van der Waals surface area (Å²) in [6.45, 7) is 4.55. The van der Waals surface area contributed by atoms with Gasteiger partial charge < -0.3 is 24.3 Å². The number of hydrogen-bond acceptors (Lipinski definition) is 6. The molecule has 0 fully saturated rings. The van der Waals surface area contributed by atoms with Gasteiger partial charge in [-0.05, 0) is 13.3 Å². The average molecular weight is 361 g/mol. The Bertz CT molecular complexity index is 317. The Kier molecular flexibility index (Phi) is 13.6. The lowest BCUT2D eigenvalue weighted by Gasteiger charge is -2.11. The predicted octanol–water partition coefficient (Wildman–Crippen LogP) is 2.10. The molecule has 1 amide bonds. The Labute approximate surface area is 139 Å². The Morgan fingerprint density at radius 3 is 1.83 bits per heavy atom. The quantitative estimate of drug-likeness (QED) is 0.478. The summed E-state index contributed by atoms with van der Waals surface area (Å²) in [5.74, 6) is 0. The Balaban J connectivity index is 3.19. The number of carbonyl (C=O) groups is 1.